The van der Waals surface area contributed by atoms with E-state index >= 15 is 0 Å². The molecule has 0 aliphatic heterocycles. The highest BCUT2D eigenvalue weighted by atomic mass is 19.3. The molecule has 0 atom stereocenters. The van der Waals surface area contributed by atoms with Crippen LogP contribution < -0.4 is 14.8 Å². The fourth-order valence-corrected chi connectivity index (χ4v) is 1.20. The summed E-state index contributed by atoms with van der Waals surface area (Å²) in [5.74, 6) is 0.00184. The van der Waals surface area contributed by atoms with Crippen molar-refractivity contribution in [2.24, 2.45) is 0 Å². The molecule has 0 saturated carbocycles. The van der Waals surface area contributed by atoms with E-state index in [-0.39, 0.29) is 17.1 Å². The molecule has 0 unspecified atom stereocenters. The van der Waals surface area contributed by atoms with E-state index in [1.807, 2.05) is 0 Å². The molecule has 19 heavy (non-hydrogen) atoms. The molecular weight excluding hydrogens is 256 g/mol. The number of allylic oxidation sites excluding steroid dienone is 1. The van der Waals surface area contributed by atoms with Gasteiger partial charge in [0.25, 0.3) is 0 Å². The highest BCUT2D eigenvalue weighted by molar-refractivity contribution is 5.57. The van der Waals surface area contributed by atoms with Gasteiger partial charge in [0.2, 0.25) is 0 Å². The lowest BCUT2D eigenvalue weighted by Crippen LogP contribution is -2.04. The van der Waals surface area contributed by atoms with Gasteiger partial charge in [-0.2, -0.15) is 19.3 Å². The molecule has 5 nitrogen and oxygen atoms in total. The zero-order valence-electron chi connectivity index (χ0n) is 9.85. The molecule has 0 saturated heterocycles. The largest absolute Gasteiger partial charge is 0.493 e. The first kappa shape index (κ1) is 14.3. The number of nitrogens with zero attached hydrogens (tertiary/aromatic N) is 2. The molecule has 1 aromatic rings. The number of nitrogens with one attached hydrogen (secondary N) is 1. The van der Waals surface area contributed by atoms with Gasteiger partial charge in [-0.1, -0.05) is 0 Å². The van der Waals surface area contributed by atoms with Crippen molar-refractivity contribution < 1.29 is 18.3 Å². The van der Waals surface area contributed by atoms with Crippen LogP contribution in [0.3, 0.4) is 0 Å². The highest BCUT2D eigenvalue weighted by Gasteiger charge is 2.11. The Morgan fingerprint density at radius 2 is 2.00 bits per heavy atom. The minimum atomic E-state index is -2.98. The maximum absolute atomic E-state index is 12.2. The number of hydrogen-bond acceptors (Lipinski definition) is 5. The zero-order chi connectivity index (χ0) is 14.3. The molecule has 1 aromatic carbocycles. The fraction of sp³-hybridized carbons (Fsp3) is 0.167. The Kier molecular flexibility index (Phi) is 5.12. The smallest absolute Gasteiger partial charge is 0.387 e. The summed E-state index contributed by atoms with van der Waals surface area (Å²) in [6.45, 7) is -2.98. The van der Waals surface area contributed by atoms with E-state index in [0.29, 0.717) is 5.69 Å². The van der Waals surface area contributed by atoms with Crippen molar-refractivity contribution in [3.63, 3.8) is 0 Å². The predicted molar refractivity (Wildman–Crippen MR) is 62.6 cm³/mol. The summed E-state index contributed by atoms with van der Waals surface area (Å²) < 4.78 is 33.5. The van der Waals surface area contributed by atoms with E-state index in [4.69, 9.17) is 15.3 Å². The van der Waals surface area contributed by atoms with Gasteiger partial charge in [0.05, 0.1) is 7.11 Å². The van der Waals surface area contributed by atoms with Crippen LogP contribution in [0.25, 0.3) is 0 Å². The highest BCUT2D eigenvalue weighted by Crippen LogP contribution is 2.31. The van der Waals surface area contributed by atoms with Crippen LogP contribution >= 0.6 is 0 Å². The molecule has 0 bridgehead atoms. The van der Waals surface area contributed by atoms with Gasteiger partial charge >= 0.3 is 6.61 Å². The third-order valence-corrected chi connectivity index (χ3v) is 2.00. The summed E-state index contributed by atoms with van der Waals surface area (Å²) >= 11 is 0. The third-order valence-electron chi connectivity index (χ3n) is 2.00. The Balaban J connectivity index is 2.96. The Bertz CT molecular complexity index is 543. The van der Waals surface area contributed by atoms with Crippen LogP contribution in [0, 0.1) is 22.7 Å². The molecule has 0 aliphatic carbocycles. The van der Waals surface area contributed by atoms with E-state index in [1.54, 1.807) is 12.1 Å². The molecule has 0 spiro atoms. The second-order valence-electron chi connectivity index (χ2n) is 3.17. The third kappa shape index (κ3) is 4.17. The van der Waals surface area contributed by atoms with Gasteiger partial charge in [-0.15, -0.1) is 0 Å². The molecule has 0 radical (unpaired) electrons. The Labute approximate surface area is 108 Å². The Hall–Kier alpha value is -2.80. The van der Waals surface area contributed by atoms with Gasteiger partial charge in [-0.05, 0) is 12.1 Å². The van der Waals surface area contributed by atoms with Crippen molar-refractivity contribution in [3.8, 4) is 23.6 Å². The molecule has 0 heterocycles. The molecule has 1 N–H and O–H groups in total. The van der Waals surface area contributed by atoms with E-state index < -0.39 is 6.61 Å². The van der Waals surface area contributed by atoms with E-state index in [9.17, 15) is 8.78 Å². The van der Waals surface area contributed by atoms with Crippen LogP contribution in [0.5, 0.6) is 11.5 Å². The fourth-order valence-electron chi connectivity index (χ4n) is 1.20. The number of alkyl halides is 2. The Morgan fingerprint density at radius 1 is 1.32 bits per heavy atom. The summed E-state index contributed by atoms with van der Waals surface area (Å²) in [4.78, 5) is 0. The number of hydrogen-bond donors (Lipinski definition) is 1. The van der Waals surface area contributed by atoms with Crippen LogP contribution in [-0.2, 0) is 0 Å². The quantitative estimate of drug-likeness (QED) is 0.828. The molecule has 98 valence electrons. The number of benzene rings is 1. The van der Waals surface area contributed by atoms with Crippen molar-refractivity contribution in [3.05, 3.63) is 30.0 Å². The summed E-state index contributed by atoms with van der Waals surface area (Å²) in [5.41, 5.74) is 0.228. The van der Waals surface area contributed by atoms with Crippen molar-refractivity contribution in [1.29, 1.82) is 10.5 Å². The Morgan fingerprint density at radius 3 is 2.53 bits per heavy atom. The van der Waals surface area contributed by atoms with E-state index in [2.05, 4.69) is 10.1 Å². The second kappa shape index (κ2) is 6.82. The number of methoxy groups -OCH3 is 1. The van der Waals surface area contributed by atoms with Gasteiger partial charge in [-0.25, -0.2) is 0 Å². The van der Waals surface area contributed by atoms with Gasteiger partial charge < -0.3 is 14.8 Å². The molecule has 0 fully saturated rings. The van der Waals surface area contributed by atoms with Gasteiger partial charge in [0.15, 0.2) is 11.5 Å². The van der Waals surface area contributed by atoms with Crippen molar-refractivity contribution in [2.75, 3.05) is 12.4 Å². The SMILES string of the molecule is COc1ccc(NC=C(C#N)C#N)cc1OC(F)F. The summed E-state index contributed by atoms with van der Waals surface area (Å²) in [7, 11) is 1.32. The lowest BCUT2D eigenvalue weighted by molar-refractivity contribution is -0.0511. The summed E-state index contributed by atoms with van der Waals surface area (Å²) in [6.07, 6.45) is 1.16. The van der Waals surface area contributed by atoms with Crippen LogP contribution in [0.2, 0.25) is 0 Å². The first-order valence-electron chi connectivity index (χ1n) is 5.00. The number of rotatable bonds is 5. The molecule has 0 aliphatic rings. The number of halogens is 2. The normalized spacial score (nSPS) is 9.16. The second-order valence-corrected chi connectivity index (χ2v) is 3.17. The molecule has 7 heteroatoms. The van der Waals surface area contributed by atoms with Crippen molar-refractivity contribution in [2.45, 2.75) is 6.61 Å². The molecular formula is C12H9F2N3O2. The van der Waals surface area contributed by atoms with E-state index in [0.717, 1.165) is 6.20 Å². The predicted octanol–water partition coefficient (Wildman–Crippen LogP) is 2.64. The van der Waals surface area contributed by atoms with E-state index in [1.165, 1.54) is 25.3 Å². The van der Waals surface area contributed by atoms with Crippen LogP contribution in [0.4, 0.5) is 14.5 Å². The maximum Gasteiger partial charge on any atom is 0.387 e. The first-order valence-corrected chi connectivity index (χ1v) is 5.00. The molecule has 0 aromatic heterocycles. The number of ether oxygens (including phenoxy) is 2. The first-order chi connectivity index (χ1) is 9.10. The van der Waals surface area contributed by atoms with Crippen LogP contribution in [0.1, 0.15) is 0 Å². The molecule has 0 amide bonds. The monoisotopic (exact) mass is 265 g/mol. The lowest BCUT2D eigenvalue weighted by Gasteiger charge is -2.11. The minimum Gasteiger partial charge on any atom is -0.493 e. The van der Waals surface area contributed by atoms with Gasteiger partial charge in [0.1, 0.15) is 17.7 Å². The lowest BCUT2D eigenvalue weighted by atomic mass is 10.2. The van der Waals surface area contributed by atoms with Crippen LogP contribution in [-0.4, -0.2) is 13.7 Å². The molecule has 1 rings (SSSR count). The standard InChI is InChI=1S/C12H9F2N3O2/c1-18-10-3-2-9(4-11(10)19-12(13)14)17-7-8(5-15)6-16/h2-4,7,12,17H,1H3. The van der Waals surface area contributed by atoms with Crippen molar-refractivity contribution >= 4 is 5.69 Å². The average Bonchev–Trinajstić information content (AvgIpc) is 2.39. The van der Waals surface area contributed by atoms with Gasteiger partial charge in [0, 0.05) is 18.0 Å². The average molecular weight is 265 g/mol. The van der Waals surface area contributed by atoms with Crippen LogP contribution in [0.15, 0.2) is 30.0 Å². The maximum atomic E-state index is 12.2. The summed E-state index contributed by atoms with van der Waals surface area (Å²) in [6, 6.07) is 7.53. The number of nitriles is 2. The zero-order valence-corrected chi connectivity index (χ0v) is 9.85. The number of anilines is 1. The summed E-state index contributed by atoms with van der Waals surface area (Å²) in [5, 5.41) is 19.7. The van der Waals surface area contributed by atoms with Crippen molar-refractivity contribution in [1.82, 2.24) is 0 Å². The topological polar surface area (TPSA) is 78.1 Å². The van der Waals surface area contributed by atoms with Gasteiger partial charge in [-0.3, -0.25) is 0 Å². The minimum absolute atomic E-state index is 0.146.